The normalized spacial score (nSPS) is 17.9. The van der Waals surface area contributed by atoms with Gasteiger partial charge in [-0.05, 0) is 25.3 Å². The SMILES string of the molecule is CC(N)CC(=O)N1CCN(CCC(C)(C)C)CC1.Cl.Cl. The summed E-state index contributed by atoms with van der Waals surface area (Å²) in [5.74, 6) is 0.209. The highest BCUT2D eigenvalue weighted by atomic mass is 35.5. The summed E-state index contributed by atoms with van der Waals surface area (Å²) in [6, 6.07) is -0.0311. The van der Waals surface area contributed by atoms with Crippen molar-refractivity contribution in [1.82, 2.24) is 9.80 Å². The van der Waals surface area contributed by atoms with E-state index in [2.05, 4.69) is 25.7 Å². The molecule has 0 aliphatic carbocycles. The van der Waals surface area contributed by atoms with E-state index in [1.807, 2.05) is 11.8 Å². The van der Waals surface area contributed by atoms with E-state index in [4.69, 9.17) is 5.73 Å². The van der Waals surface area contributed by atoms with Gasteiger partial charge in [-0.25, -0.2) is 0 Å². The third-order valence-corrected chi connectivity index (χ3v) is 3.40. The van der Waals surface area contributed by atoms with Crippen LogP contribution >= 0.6 is 24.8 Å². The number of halogens is 2. The van der Waals surface area contributed by atoms with Gasteiger partial charge in [0.1, 0.15) is 0 Å². The topological polar surface area (TPSA) is 49.6 Å². The molecule has 1 fully saturated rings. The molecule has 4 nitrogen and oxygen atoms in total. The Hall–Kier alpha value is -0.0300. The summed E-state index contributed by atoms with van der Waals surface area (Å²) in [6.07, 6.45) is 1.68. The van der Waals surface area contributed by atoms with Crippen molar-refractivity contribution < 1.29 is 4.79 Å². The average molecular weight is 328 g/mol. The van der Waals surface area contributed by atoms with E-state index in [0.29, 0.717) is 11.8 Å². The first-order valence-electron chi connectivity index (χ1n) is 7.03. The number of carbonyl (C=O) groups is 1. The van der Waals surface area contributed by atoms with Crippen LogP contribution in [0.1, 0.15) is 40.5 Å². The van der Waals surface area contributed by atoms with Crippen molar-refractivity contribution >= 4 is 30.7 Å². The highest BCUT2D eigenvalue weighted by molar-refractivity contribution is 5.85. The molecule has 20 heavy (non-hydrogen) atoms. The quantitative estimate of drug-likeness (QED) is 0.860. The van der Waals surface area contributed by atoms with Crippen LogP contribution in [0.15, 0.2) is 0 Å². The summed E-state index contributed by atoms with van der Waals surface area (Å²) < 4.78 is 0. The standard InChI is InChI=1S/C14H29N3O.2ClH/c1-12(15)11-13(18)17-9-7-16(8-10-17)6-5-14(2,3)4;;/h12H,5-11,15H2,1-4H3;2*1H. The molecule has 122 valence electrons. The van der Waals surface area contributed by atoms with Crippen LogP contribution in [0.3, 0.4) is 0 Å². The molecule has 2 N–H and O–H groups in total. The highest BCUT2D eigenvalue weighted by Crippen LogP contribution is 2.19. The maximum atomic E-state index is 11.9. The van der Waals surface area contributed by atoms with Gasteiger partial charge in [-0.3, -0.25) is 9.69 Å². The Bertz CT molecular complexity index is 272. The fourth-order valence-electron chi connectivity index (χ4n) is 2.12. The van der Waals surface area contributed by atoms with E-state index >= 15 is 0 Å². The zero-order valence-corrected chi connectivity index (χ0v) is 14.9. The minimum Gasteiger partial charge on any atom is -0.340 e. The molecule has 0 spiro atoms. The molecule has 1 rings (SSSR count). The zero-order valence-electron chi connectivity index (χ0n) is 13.2. The lowest BCUT2D eigenvalue weighted by Crippen LogP contribution is -2.49. The Morgan fingerprint density at radius 3 is 2.05 bits per heavy atom. The third kappa shape index (κ3) is 9.01. The second-order valence-corrected chi connectivity index (χ2v) is 6.71. The van der Waals surface area contributed by atoms with Gasteiger partial charge in [-0.1, -0.05) is 20.8 Å². The summed E-state index contributed by atoms with van der Waals surface area (Å²) in [5.41, 5.74) is 6.06. The minimum absolute atomic E-state index is 0. The predicted octanol–water partition coefficient (Wildman–Crippen LogP) is 2.15. The third-order valence-electron chi connectivity index (χ3n) is 3.40. The van der Waals surface area contributed by atoms with Gasteiger partial charge in [0, 0.05) is 38.6 Å². The van der Waals surface area contributed by atoms with Crippen molar-refractivity contribution in [2.75, 3.05) is 32.7 Å². The average Bonchev–Trinajstić information content (AvgIpc) is 2.25. The van der Waals surface area contributed by atoms with Crippen molar-refractivity contribution in [3.63, 3.8) is 0 Å². The zero-order chi connectivity index (χ0) is 13.8. The van der Waals surface area contributed by atoms with Crippen molar-refractivity contribution in [2.45, 2.75) is 46.6 Å². The fraction of sp³-hybridized carbons (Fsp3) is 0.929. The largest absolute Gasteiger partial charge is 0.340 e. The van der Waals surface area contributed by atoms with Gasteiger partial charge in [0.2, 0.25) is 5.91 Å². The number of piperazine rings is 1. The molecule has 1 amide bonds. The summed E-state index contributed by atoms with van der Waals surface area (Å²) in [6.45, 7) is 13.6. The Morgan fingerprint density at radius 2 is 1.65 bits per heavy atom. The molecule has 0 aromatic rings. The van der Waals surface area contributed by atoms with Gasteiger partial charge < -0.3 is 10.6 Å². The van der Waals surface area contributed by atoms with E-state index in [1.165, 1.54) is 6.42 Å². The molecule has 1 aliphatic rings. The molecule has 1 atom stereocenters. The van der Waals surface area contributed by atoms with Crippen molar-refractivity contribution in [3.05, 3.63) is 0 Å². The lowest BCUT2D eigenvalue weighted by atomic mass is 9.92. The predicted molar refractivity (Wildman–Crippen MR) is 89.9 cm³/mol. The van der Waals surface area contributed by atoms with Gasteiger partial charge in [0.05, 0.1) is 0 Å². The van der Waals surface area contributed by atoms with Crippen LogP contribution in [0.5, 0.6) is 0 Å². The Balaban J connectivity index is 0. The second kappa shape index (κ2) is 9.82. The molecule has 1 aliphatic heterocycles. The van der Waals surface area contributed by atoms with E-state index in [0.717, 1.165) is 32.7 Å². The highest BCUT2D eigenvalue weighted by Gasteiger charge is 2.22. The Morgan fingerprint density at radius 1 is 1.15 bits per heavy atom. The van der Waals surface area contributed by atoms with Crippen LogP contribution in [0.25, 0.3) is 0 Å². The fourth-order valence-corrected chi connectivity index (χ4v) is 2.12. The molecule has 0 saturated carbocycles. The van der Waals surface area contributed by atoms with Crippen LogP contribution in [0.2, 0.25) is 0 Å². The number of carbonyl (C=O) groups excluding carboxylic acids is 1. The summed E-state index contributed by atoms with van der Waals surface area (Å²) in [5, 5.41) is 0. The Labute approximate surface area is 136 Å². The van der Waals surface area contributed by atoms with E-state index in [1.54, 1.807) is 0 Å². The first kappa shape index (κ1) is 22.3. The number of hydrogen-bond acceptors (Lipinski definition) is 3. The lowest BCUT2D eigenvalue weighted by Gasteiger charge is -2.36. The molecule has 0 aromatic heterocycles. The summed E-state index contributed by atoms with van der Waals surface area (Å²) >= 11 is 0. The van der Waals surface area contributed by atoms with Crippen LogP contribution in [-0.4, -0.2) is 54.5 Å². The van der Waals surface area contributed by atoms with Gasteiger partial charge in [-0.15, -0.1) is 24.8 Å². The number of amides is 1. The van der Waals surface area contributed by atoms with Crippen LogP contribution < -0.4 is 5.73 Å². The molecule has 0 bridgehead atoms. The van der Waals surface area contributed by atoms with E-state index < -0.39 is 0 Å². The Kier molecular flexibility index (Phi) is 10.9. The van der Waals surface area contributed by atoms with Crippen molar-refractivity contribution in [3.8, 4) is 0 Å². The van der Waals surface area contributed by atoms with Gasteiger partial charge >= 0.3 is 0 Å². The van der Waals surface area contributed by atoms with Gasteiger partial charge in [0.15, 0.2) is 0 Å². The van der Waals surface area contributed by atoms with Gasteiger partial charge in [0.25, 0.3) is 0 Å². The molecule has 6 heteroatoms. The van der Waals surface area contributed by atoms with Crippen LogP contribution in [-0.2, 0) is 4.79 Å². The van der Waals surface area contributed by atoms with Crippen molar-refractivity contribution in [1.29, 1.82) is 0 Å². The van der Waals surface area contributed by atoms with Crippen molar-refractivity contribution in [2.24, 2.45) is 11.1 Å². The first-order chi connectivity index (χ1) is 8.28. The smallest absolute Gasteiger partial charge is 0.224 e. The van der Waals surface area contributed by atoms with Crippen LogP contribution in [0.4, 0.5) is 0 Å². The van der Waals surface area contributed by atoms with E-state index in [9.17, 15) is 4.79 Å². The van der Waals surface area contributed by atoms with Crippen LogP contribution in [0, 0.1) is 5.41 Å². The number of nitrogens with zero attached hydrogens (tertiary/aromatic N) is 2. The molecule has 0 radical (unpaired) electrons. The van der Waals surface area contributed by atoms with Gasteiger partial charge in [-0.2, -0.15) is 0 Å². The van der Waals surface area contributed by atoms with E-state index in [-0.39, 0.29) is 36.8 Å². The molecule has 1 saturated heterocycles. The number of hydrogen-bond donors (Lipinski definition) is 1. The molecular formula is C14H31Cl2N3O. The minimum atomic E-state index is -0.0311. The molecule has 1 heterocycles. The molecular weight excluding hydrogens is 297 g/mol. The first-order valence-corrected chi connectivity index (χ1v) is 7.03. The maximum Gasteiger partial charge on any atom is 0.224 e. The number of nitrogens with two attached hydrogens (primary N) is 1. The molecule has 1 unspecified atom stereocenters. The summed E-state index contributed by atoms with van der Waals surface area (Å²) in [4.78, 5) is 16.3. The maximum absolute atomic E-state index is 11.9. The lowest BCUT2D eigenvalue weighted by molar-refractivity contribution is -0.133. The number of rotatable bonds is 4. The second-order valence-electron chi connectivity index (χ2n) is 6.71. The summed E-state index contributed by atoms with van der Waals surface area (Å²) in [7, 11) is 0. The molecule has 0 aromatic carbocycles. The monoisotopic (exact) mass is 327 g/mol.